The van der Waals surface area contributed by atoms with Crippen molar-refractivity contribution in [3.63, 3.8) is 0 Å². The molecular weight excluding hydrogens is 529 g/mol. The summed E-state index contributed by atoms with van der Waals surface area (Å²) in [5.74, 6) is 0.734. The number of methoxy groups -OCH3 is 2. The zero-order chi connectivity index (χ0) is 29.1. The molecule has 0 saturated carbocycles. The van der Waals surface area contributed by atoms with E-state index in [4.69, 9.17) is 14.2 Å². The number of amides is 1. The number of anilines is 1. The van der Waals surface area contributed by atoms with Crippen molar-refractivity contribution in [3.05, 3.63) is 94.8 Å². The van der Waals surface area contributed by atoms with Gasteiger partial charge in [0.05, 0.1) is 19.7 Å². The molecule has 2 aromatic carbocycles. The molecule has 1 N–H and O–H groups in total. The number of ether oxygens (including phenoxy) is 3. The van der Waals surface area contributed by atoms with Gasteiger partial charge in [0.25, 0.3) is 5.91 Å². The van der Waals surface area contributed by atoms with Crippen LogP contribution in [0.3, 0.4) is 0 Å². The van der Waals surface area contributed by atoms with Gasteiger partial charge in [0.1, 0.15) is 17.1 Å². The molecule has 0 unspecified atom stereocenters. The second-order valence-corrected chi connectivity index (χ2v) is 9.31. The molecule has 0 aliphatic heterocycles. The molecule has 0 aliphatic carbocycles. The van der Waals surface area contributed by atoms with Gasteiger partial charge >= 0.3 is 0 Å². The van der Waals surface area contributed by atoms with Crippen LogP contribution in [0.4, 0.5) is 10.2 Å². The number of carbonyl (C=O) groups is 1. The van der Waals surface area contributed by atoms with E-state index in [-0.39, 0.29) is 28.9 Å². The number of carbonyl (C=O) groups excluding carboxylic acids is 1. The van der Waals surface area contributed by atoms with E-state index in [1.807, 2.05) is 13.8 Å². The first-order chi connectivity index (χ1) is 19.8. The van der Waals surface area contributed by atoms with Crippen LogP contribution in [0, 0.1) is 5.82 Å². The molecule has 5 rings (SSSR count). The molecule has 0 aliphatic rings. The van der Waals surface area contributed by atoms with Crippen LogP contribution < -0.4 is 25.0 Å². The van der Waals surface area contributed by atoms with Crippen molar-refractivity contribution in [1.29, 1.82) is 0 Å². The lowest BCUT2D eigenvalue weighted by Crippen LogP contribution is -2.25. The minimum absolute atomic E-state index is 0.0390. The predicted molar refractivity (Wildman–Crippen MR) is 151 cm³/mol. The van der Waals surface area contributed by atoms with E-state index in [0.717, 1.165) is 0 Å². The fraction of sp³-hybridized carbons (Fsp3) is 0.167. The summed E-state index contributed by atoms with van der Waals surface area (Å²) in [6, 6.07) is 13.7. The number of aromatic nitrogens is 4. The first-order valence-corrected chi connectivity index (χ1v) is 12.6. The second-order valence-electron chi connectivity index (χ2n) is 9.31. The van der Waals surface area contributed by atoms with Crippen molar-refractivity contribution in [2.24, 2.45) is 0 Å². The SMILES string of the molecule is COc1cc2nccc(Oc3ccc(NC(=O)c4cn(C(C)C)cc(-c5ccc(F)cc5)c4=O)nn3)c2cc1OC. The van der Waals surface area contributed by atoms with Crippen LogP contribution in [-0.4, -0.2) is 39.9 Å². The third-order valence-electron chi connectivity index (χ3n) is 6.34. The molecule has 3 aromatic heterocycles. The zero-order valence-electron chi connectivity index (χ0n) is 22.7. The van der Waals surface area contributed by atoms with Crippen LogP contribution in [0.25, 0.3) is 22.0 Å². The molecule has 0 spiro atoms. The molecular formula is C30H26FN5O5. The fourth-order valence-electron chi connectivity index (χ4n) is 4.17. The predicted octanol–water partition coefficient (Wildman–Crippen LogP) is 5.64. The number of rotatable bonds is 8. The number of hydrogen-bond acceptors (Lipinski definition) is 8. The van der Waals surface area contributed by atoms with Gasteiger partial charge < -0.3 is 24.1 Å². The molecule has 1 amide bonds. The second kappa shape index (κ2) is 11.4. The normalized spacial score (nSPS) is 11.0. The van der Waals surface area contributed by atoms with Gasteiger partial charge in [0, 0.05) is 47.7 Å². The van der Waals surface area contributed by atoms with Crippen molar-refractivity contribution in [1.82, 2.24) is 19.7 Å². The fourth-order valence-corrected chi connectivity index (χ4v) is 4.17. The van der Waals surface area contributed by atoms with Gasteiger partial charge in [-0.25, -0.2) is 4.39 Å². The molecule has 208 valence electrons. The Morgan fingerprint density at radius 2 is 1.66 bits per heavy atom. The highest BCUT2D eigenvalue weighted by atomic mass is 19.1. The average Bonchev–Trinajstić information content (AvgIpc) is 2.98. The Bertz CT molecular complexity index is 1790. The highest BCUT2D eigenvalue weighted by Crippen LogP contribution is 2.36. The van der Waals surface area contributed by atoms with Gasteiger partial charge in [0.2, 0.25) is 11.3 Å². The molecule has 41 heavy (non-hydrogen) atoms. The highest BCUT2D eigenvalue weighted by molar-refractivity contribution is 6.04. The summed E-state index contributed by atoms with van der Waals surface area (Å²) in [6.07, 6.45) is 4.73. The Balaban J connectivity index is 1.39. The van der Waals surface area contributed by atoms with Crippen LogP contribution in [0.5, 0.6) is 23.1 Å². The van der Waals surface area contributed by atoms with E-state index >= 15 is 0 Å². The lowest BCUT2D eigenvalue weighted by atomic mass is 10.0. The maximum Gasteiger partial charge on any atom is 0.262 e. The number of pyridine rings is 2. The number of halogens is 1. The number of benzene rings is 2. The molecule has 0 atom stereocenters. The van der Waals surface area contributed by atoms with Crippen LogP contribution in [-0.2, 0) is 0 Å². The maximum absolute atomic E-state index is 13.5. The largest absolute Gasteiger partial charge is 0.493 e. The van der Waals surface area contributed by atoms with Crippen LogP contribution in [0.15, 0.2) is 78.0 Å². The Morgan fingerprint density at radius 3 is 2.32 bits per heavy atom. The van der Waals surface area contributed by atoms with E-state index in [1.54, 1.807) is 42.3 Å². The smallest absolute Gasteiger partial charge is 0.262 e. The van der Waals surface area contributed by atoms with E-state index in [1.165, 1.54) is 49.7 Å². The Kier molecular flexibility index (Phi) is 7.59. The molecule has 11 heteroatoms. The quantitative estimate of drug-likeness (QED) is 0.262. The average molecular weight is 556 g/mol. The summed E-state index contributed by atoms with van der Waals surface area (Å²) < 4.78 is 31.9. The minimum atomic E-state index is -0.655. The Morgan fingerprint density at radius 1 is 0.927 bits per heavy atom. The Hall–Kier alpha value is -5.32. The summed E-state index contributed by atoms with van der Waals surface area (Å²) in [7, 11) is 3.08. The Labute approximate surface area is 234 Å². The van der Waals surface area contributed by atoms with Crippen molar-refractivity contribution in [2.45, 2.75) is 19.9 Å². The minimum Gasteiger partial charge on any atom is -0.493 e. The molecule has 0 radical (unpaired) electrons. The summed E-state index contributed by atoms with van der Waals surface area (Å²) >= 11 is 0. The van der Waals surface area contributed by atoms with Crippen LogP contribution >= 0.6 is 0 Å². The first kappa shape index (κ1) is 27.3. The summed E-state index contributed by atoms with van der Waals surface area (Å²) in [5.41, 5.74) is 0.833. The van der Waals surface area contributed by atoms with E-state index in [9.17, 15) is 14.0 Å². The van der Waals surface area contributed by atoms with Gasteiger partial charge in [0.15, 0.2) is 17.3 Å². The third kappa shape index (κ3) is 5.69. The van der Waals surface area contributed by atoms with Crippen LogP contribution in [0.1, 0.15) is 30.2 Å². The molecule has 0 saturated heterocycles. The molecule has 0 bridgehead atoms. The summed E-state index contributed by atoms with van der Waals surface area (Å²) in [4.78, 5) is 30.8. The number of fused-ring (bicyclic) bond motifs is 1. The van der Waals surface area contributed by atoms with E-state index < -0.39 is 17.2 Å². The van der Waals surface area contributed by atoms with Gasteiger partial charge in [-0.1, -0.05) is 12.1 Å². The lowest BCUT2D eigenvalue weighted by molar-refractivity contribution is 0.102. The number of nitrogens with zero attached hydrogens (tertiary/aromatic N) is 4. The number of hydrogen-bond donors (Lipinski definition) is 1. The van der Waals surface area contributed by atoms with Crippen molar-refractivity contribution >= 4 is 22.6 Å². The van der Waals surface area contributed by atoms with Crippen molar-refractivity contribution in [3.8, 4) is 34.3 Å². The highest BCUT2D eigenvalue weighted by Gasteiger charge is 2.18. The molecule has 0 fully saturated rings. The number of nitrogens with one attached hydrogen (secondary N) is 1. The third-order valence-corrected chi connectivity index (χ3v) is 6.34. The van der Waals surface area contributed by atoms with Gasteiger partial charge in [-0.15, -0.1) is 10.2 Å². The van der Waals surface area contributed by atoms with E-state index in [2.05, 4.69) is 20.5 Å². The van der Waals surface area contributed by atoms with Gasteiger partial charge in [-0.3, -0.25) is 14.6 Å². The topological polar surface area (TPSA) is 117 Å². The van der Waals surface area contributed by atoms with Crippen molar-refractivity contribution < 1.29 is 23.4 Å². The van der Waals surface area contributed by atoms with Crippen LogP contribution in [0.2, 0.25) is 0 Å². The molecule has 10 nitrogen and oxygen atoms in total. The summed E-state index contributed by atoms with van der Waals surface area (Å²) in [5, 5.41) is 11.4. The van der Waals surface area contributed by atoms with Crippen molar-refractivity contribution in [2.75, 3.05) is 19.5 Å². The molecule has 5 aromatic rings. The maximum atomic E-state index is 13.5. The molecule has 3 heterocycles. The lowest BCUT2D eigenvalue weighted by Gasteiger charge is -2.15. The van der Waals surface area contributed by atoms with Gasteiger partial charge in [-0.2, -0.15) is 0 Å². The summed E-state index contributed by atoms with van der Waals surface area (Å²) in [6.45, 7) is 3.84. The standard InChI is InChI=1S/C30H26FN5O5/c1-17(2)36-15-21(18-5-7-19(31)8-6-18)29(37)22(16-36)30(38)33-27-9-10-28(35-34-27)41-24-11-12-32-23-14-26(40-4)25(39-3)13-20(23)24/h5-17H,1-4H3,(H,33,34,38). The van der Waals surface area contributed by atoms with Gasteiger partial charge in [-0.05, 0) is 49.7 Å². The monoisotopic (exact) mass is 555 g/mol. The zero-order valence-corrected chi connectivity index (χ0v) is 22.7. The first-order valence-electron chi connectivity index (χ1n) is 12.6. The van der Waals surface area contributed by atoms with E-state index in [0.29, 0.717) is 33.7 Å².